The highest BCUT2D eigenvalue weighted by Crippen LogP contribution is 2.24. The molecule has 0 unspecified atom stereocenters. The number of hydrogen-bond acceptors (Lipinski definition) is 1. The summed E-state index contributed by atoms with van der Waals surface area (Å²) in [6.45, 7) is 3.78. The number of hydrogen-bond donors (Lipinski definition) is 0. The highest BCUT2D eigenvalue weighted by atomic mass is 19.2. The van der Waals surface area contributed by atoms with Gasteiger partial charge >= 0.3 is 0 Å². The molecule has 0 saturated heterocycles. The Kier molecular flexibility index (Phi) is 12.3. The average Bonchev–Trinajstić information content (AvgIpc) is 2.67. The Morgan fingerprint density at radius 2 is 0.926 bits per heavy atom. The van der Waals surface area contributed by atoms with Crippen molar-refractivity contribution in [2.45, 2.75) is 84.0 Å². The van der Waals surface area contributed by atoms with Crippen LogP contribution in [0.2, 0.25) is 0 Å². The van der Waals surface area contributed by atoms with Crippen LogP contribution in [0.15, 0.2) is 0 Å². The molecule has 0 heterocycles. The van der Waals surface area contributed by atoms with Gasteiger partial charge in [-0.05, 0) is 25.7 Å². The largest absolute Gasteiger partial charge is 0.381 e. The number of rotatable bonds is 15. The van der Waals surface area contributed by atoms with Crippen LogP contribution in [0.1, 0.15) is 83.1 Å². The van der Waals surface area contributed by atoms with E-state index in [2.05, 4.69) is 6.92 Å². The van der Waals surface area contributed by atoms with E-state index < -0.39 is 34.6 Å². The van der Waals surface area contributed by atoms with Gasteiger partial charge in [0.15, 0.2) is 23.3 Å². The van der Waals surface area contributed by atoms with Crippen LogP contribution < -0.4 is 0 Å². The Labute approximate surface area is 159 Å². The molecule has 1 nitrogen and oxygen atoms in total. The predicted molar refractivity (Wildman–Crippen MR) is 97.2 cm³/mol. The minimum atomic E-state index is -2.10. The summed E-state index contributed by atoms with van der Waals surface area (Å²) in [5.74, 6) is -9.22. The standard InChI is InChI=1S/C21H31F5O/c1-2-14-27-15-12-10-8-6-4-3-5-7-9-11-13-16-17(22)19(24)21(26)20(25)18(16)23/h2-15H2,1H3. The zero-order valence-corrected chi connectivity index (χ0v) is 16.2. The molecule has 6 heteroatoms. The molecule has 0 bridgehead atoms. The second-order valence-electron chi connectivity index (χ2n) is 6.95. The molecule has 1 rings (SSSR count). The molecule has 0 amide bonds. The highest BCUT2D eigenvalue weighted by Gasteiger charge is 2.24. The first-order chi connectivity index (χ1) is 13.0. The molecule has 0 aromatic heterocycles. The Hall–Kier alpha value is -1.17. The molecule has 0 aliphatic rings. The first kappa shape index (κ1) is 23.9. The Bertz CT molecular complexity index is 519. The SMILES string of the molecule is CCCOCCCCCCCCCCCCc1c(F)c(F)c(F)c(F)c1F. The third-order valence-electron chi connectivity index (χ3n) is 4.61. The highest BCUT2D eigenvalue weighted by molar-refractivity contribution is 5.24. The lowest BCUT2D eigenvalue weighted by atomic mass is 10.0. The van der Waals surface area contributed by atoms with Crippen LogP contribution in [-0.2, 0) is 11.2 Å². The van der Waals surface area contributed by atoms with E-state index in [1.807, 2.05) is 0 Å². The van der Waals surface area contributed by atoms with E-state index in [0.29, 0.717) is 12.8 Å². The van der Waals surface area contributed by atoms with E-state index >= 15 is 0 Å². The Morgan fingerprint density at radius 3 is 1.41 bits per heavy atom. The molecule has 0 fully saturated rings. The smallest absolute Gasteiger partial charge is 0.200 e. The fraction of sp³-hybridized carbons (Fsp3) is 0.714. The predicted octanol–water partition coefficient (Wildman–Crippen LogP) is 7.25. The Morgan fingerprint density at radius 1 is 0.519 bits per heavy atom. The first-order valence-corrected chi connectivity index (χ1v) is 10.1. The summed E-state index contributed by atoms with van der Waals surface area (Å²) in [5.41, 5.74) is -0.700. The summed E-state index contributed by atoms with van der Waals surface area (Å²) in [6, 6.07) is 0. The number of halogens is 5. The molecule has 27 heavy (non-hydrogen) atoms. The van der Waals surface area contributed by atoms with E-state index in [4.69, 9.17) is 4.74 Å². The van der Waals surface area contributed by atoms with Crippen LogP contribution in [0.4, 0.5) is 22.0 Å². The van der Waals surface area contributed by atoms with Gasteiger partial charge in [0.1, 0.15) is 0 Å². The van der Waals surface area contributed by atoms with Gasteiger partial charge in [0.05, 0.1) is 0 Å². The minimum Gasteiger partial charge on any atom is -0.381 e. The molecular formula is C21H31F5O. The zero-order chi connectivity index (χ0) is 20.1. The number of unbranched alkanes of at least 4 members (excludes halogenated alkanes) is 9. The van der Waals surface area contributed by atoms with Gasteiger partial charge in [-0.3, -0.25) is 0 Å². The molecule has 0 saturated carbocycles. The van der Waals surface area contributed by atoms with E-state index in [-0.39, 0.29) is 6.42 Å². The zero-order valence-electron chi connectivity index (χ0n) is 16.2. The average molecular weight is 394 g/mol. The summed E-state index contributed by atoms with van der Waals surface area (Å²) < 4.78 is 71.7. The molecule has 0 N–H and O–H groups in total. The summed E-state index contributed by atoms with van der Waals surface area (Å²) in [5, 5.41) is 0. The molecular weight excluding hydrogens is 363 g/mol. The maximum absolute atomic E-state index is 13.5. The lowest BCUT2D eigenvalue weighted by Crippen LogP contribution is -2.07. The third kappa shape index (κ3) is 8.58. The van der Waals surface area contributed by atoms with Gasteiger partial charge in [-0.1, -0.05) is 58.3 Å². The normalized spacial score (nSPS) is 11.3. The fourth-order valence-corrected chi connectivity index (χ4v) is 3.04. The second-order valence-corrected chi connectivity index (χ2v) is 6.95. The minimum absolute atomic E-state index is 0.133. The van der Waals surface area contributed by atoms with Crippen LogP contribution in [0, 0.1) is 29.1 Å². The number of benzene rings is 1. The van der Waals surface area contributed by atoms with Gasteiger partial charge in [0.2, 0.25) is 5.82 Å². The maximum Gasteiger partial charge on any atom is 0.200 e. The lowest BCUT2D eigenvalue weighted by Gasteiger charge is -2.08. The van der Waals surface area contributed by atoms with Crippen LogP contribution in [0.25, 0.3) is 0 Å². The van der Waals surface area contributed by atoms with Crippen molar-refractivity contribution in [1.29, 1.82) is 0 Å². The summed E-state index contributed by atoms with van der Waals surface area (Å²) in [4.78, 5) is 0. The fourth-order valence-electron chi connectivity index (χ4n) is 3.04. The number of ether oxygens (including phenoxy) is 1. The van der Waals surface area contributed by atoms with Crippen molar-refractivity contribution in [3.63, 3.8) is 0 Å². The van der Waals surface area contributed by atoms with Gasteiger partial charge in [-0.2, -0.15) is 0 Å². The van der Waals surface area contributed by atoms with Crippen molar-refractivity contribution in [3.8, 4) is 0 Å². The molecule has 0 spiro atoms. The van der Waals surface area contributed by atoms with Crippen LogP contribution in [0.5, 0.6) is 0 Å². The molecule has 0 aliphatic carbocycles. The van der Waals surface area contributed by atoms with Gasteiger partial charge in [0.25, 0.3) is 0 Å². The van der Waals surface area contributed by atoms with E-state index in [1.54, 1.807) is 0 Å². The topological polar surface area (TPSA) is 9.23 Å². The summed E-state index contributed by atoms with van der Waals surface area (Å²) in [6.07, 6.45) is 10.9. The van der Waals surface area contributed by atoms with Crippen molar-refractivity contribution in [1.82, 2.24) is 0 Å². The third-order valence-corrected chi connectivity index (χ3v) is 4.61. The van der Waals surface area contributed by atoms with Gasteiger partial charge in [0, 0.05) is 18.8 Å². The molecule has 156 valence electrons. The van der Waals surface area contributed by atoms with E-state index in [0.717, 1.165) is 51.7 Å². The summed E-state index contributed by atoms with van der Waals surface area (Å²) in [7, 11) is 0. The monoisotopic (exact) mass is 394 g/mol. The maximum atomic E-state index is 13.5. The van der Waals surface area contributed by atoms with Crippen LogP contribution >= 0.6 is 0 Å². The van der Waals surface area contributed by atoms with Crippen molar-refractivity contribution in [2.75, 3.05) is 13.2 Å². The van der Waals surface area contributed by atoms with Crippen molar-refractivity contribution >= 4 is 0 Å². The molecule has 0 aliphatic heterocycles. The molecule has 0 radical (unpaired) electrons. The molecule has 1 aromatic rings. The quantitative estimate of drug-likeness (QED) is 0.132. The van der Waals surface area contributed by atoms with Gasteiger partial charge in [-0.15, -0.1) is 0 Å². The van der Waals surface area contributed by atoms with Crippen LogP contribution in [-0.4, -0.2) is 13.2 Å². The van der Waals surface area contributed by atoms with Crippen molar-refractivity contribution < 1.29 is 26.7 Å². The molecule has 0 atom stereocenters. The summed E-state index contributed by atoms with van der Waals surface area (Å²) >= 11 is 0. The van der Waals surface area contributed by atoms with Crippen molar-refractivity contribution in [2.24, 2.45) is 0 Å². The van der Waals surface area contributed by atoms with Crippen molar-refractivity contribution in [3.05, 3.63) is 34.6 Å². The lowest BCUT2D eigenvalue weighted by molar-refractivity contribution is 0.130. The Balaban J connectivity index is 2.06. The van der Waals surface area contributed by atoms with E-state index in [9.17, 15) is 22.0 Å². The van der Waals surface area contributed by atoms with Crippen LogP contribution in [0.3, 0.4) is 0 Å². The second kappa shape index (κ2) is 13.9. The molecule has 1 aromatic carbocycles. The first-order valence-electron chi connectivity index (χ1n) is 10.1. The van der Waals surface area contributed by atoms with Gasteiger partial charge in [-0.25, -0.2) is 22.0 Å². The van der Waals surface area contributed by atoms with Gasteiger partial charge < -0.3 is 4.74 Å². The van der Waals surface area contributed by atoms with E-state index in [1.165, 1.54) is 19.3 Å².